The normalized spacial score (nSPS) is 17.3. The minimum absolute atomic E-state index is 0.241. The summed E-state index contributed by atoms with van der Waals surface area (Å²) >= 11 is 3.00. The molecule has 2 aliphatic rings. The van der Waals surface area contributed by atoms with Gasteiger partial charge >= 0.3 is 11.9 Å². The van der Waals surface area contributed by atoms with E-state index in [0.29, 0.717) is 44.1 Å². The first kappa shape index (κ1) is 33.0. The zero-order valence-electron chi connectivity index (χ0n) is 27.4. The number of carbonyl (C=O) groups excluding carboxylic acids is 3. The molecule has 0 radical (unpaired) electrons. The van der Waals surface area contributed by atoms with Crippen molar-refractivity contribution in [1.29, 1.82) is 0 Å². The molecular weight excluding hydrogens is 629 g/mol. The Morgan fingerprint density at radius 2 is 1.17 bits per heavy atom. The van der Waals surface area contributed by atoms with Crippen molar-refractivity contribution in [2.45, 2.75) is 71.8 Å². The Morgan fingerprint density at radius 3 is 1.64 bits per heavy atom. The molecule has 2 atom stereocenters. The van der Waals surface area contributed by atoms with Crippen molar-refractivity contribution < 1.29 is 23.9 Å². The summed E-state index contributed by atoms with van der Waals surface area (Å²) in [5, 5.41) is 7.99. The van der Waals surface area contributed by atoms with Crippen LogP contribution in [0.5, 0.6) is 0 Å². The fraction of sp³-hybridized carbons (Fsp3) is 0.395. The number of fused-ring (bicyclic) bond motifs is 2. The second kappa shape index (κ2) is 14.0. The molecule has 2 heterocycles. The Morgan fingerprint density at radius 1 is 0.723 bits per heavy atom. The van der Waals surface area contributed by atoms with Gasteiger partial charge in [-0.05, 0) is 86.5 Å². The van der Waals surface area contributed by atoms with Crippen molar-refractivity contribution in [2.75, 3.05) is 23.8 Å². The summed E-state index contributed by atoms with van der Waals surface area (Å²) < 4.78 is 11.1. The summed E-state index contributed by atoms with van der Waals surface area (Å²) in [5.74, 6) is -0.182. The van der Waals surface area contributed by atoms with E-state index in [0.717, 1.165) is 59.4 Å². The van der Waals surface area contributed by atoms with Crippen LogP contribution < -0.4 is 10.6 Å². The molecule has 0 unspecified atom stereocenters. The minimum atomic E-state index is -1.47. The molecule has 1 amide bonds. The van der Waals surface area contributed by atoms with Gasteiger partial charge in [0.05, 0.1) is 24.3 Å². The highest BCUT2D eigenvalue weighted by Gasteiger charge is 2.45. The van der Waals surface area contributed by atoms with Gasteiger partial charge in [-0.3, -0.25) is 4.79 Å². The van der Waals surface area contributed by atoms with Crippen LogP contribution in [0.3, 0.4) is 0 Å². The second-order valence-corrected chi connectivity index (χ2v) is 14.8. The van der Waals surface area contributed by atoms with E-state index in [1.807, 2.05) is 60.7 Å². The Balaban J connectivity index is 1.54. The monoisotopic (exact) mass is 670 g/mol. The van der Waals surface area contributed by atoms with Crippen molar-refractivity contribution in [3.05, 3.63) is 104 Å². The average molecular weight is 671 g/mol. The first-order valence-corrected chi connectivity index (χ1v) is 18.2. The number of carbonyl (C=O) groups is 3. The molecule has 2 aromatic carbocycles. The highest BCUT2D eigenvalue weighted by atomic mass is 32.1. The van der Waals surface area contributed by atoms with Crippen LogP contribution in [0, 0.1) is 11.8 Å². The molecule has 246 valence electrons. The van der Waals surface area contributed by atoms with Gasteiger partial charge in [0.1, 0.15) is 10.0 Å². The number of ether oxygens (including phenoxy) is 2. The molecule has 2 aliphatic carbocycles. The van der Waals surface area contributed by atoms with E-state index < -0.39 is 11.5 Å². The van der Waals surface area contributed by atoms with Gasteiger partial charge in [-0.1, -0.05) is 74.5 Å². The van der Waals surface area contributed by atoms with Crippen molar-refractivity contribution in [3.8, 4) is 0 Å². The van der Waals surface area contributed by atoms with Crippen molar-refractivity contribution in [3.63, 3.8) is 0 Å². The largest absolute Gasteiger partial charge is 0.462 e. The molecule has 0 saturated carbocycles. The van der Waals surface area contributed by atoms with E-state index in [9.17, 15) is 9.59 Å². The lowest BCUT2D eigenvalue weighted by Gasteiger charge is -2.35. The van der Waals surface area contributed by atoms with E-state index >= 15 is 4.79 Å². The highest BCUT2D eigenvalue weighted by Crippen LogP contribution is 2.46. The predicted molar refractivity (Wildman–Crippen MR) is 189 cm³/mol. The molecule has 0 saturated heterocycles. The van der Waals surface area contributed by atoms with Crippen LogP contribution in [0.4, 0.5) is 10.0 Å². The van der Waals surface area contributed by atoms with E-state index in [1.54, 1.807) is 13.8 Å². The highest BCUT2D eigenvalue weighted by molar-refractivity contribution is 7.17. The lowest BCUT2D eigenvalue weighted by Crippen LogP contribution is -2.48. The molecular formula is C38H42N2O5S2. The summed E-state index contributed by atoms with van der Waals surface area (Å²) in [4.78, 5) is 44.5. The number of thiophene rings is 2. The zero-order valence-corrected chi connectivity index (χ0v) is 29.1. The minimum Gasteiger partial charge on any atom is -0.462 e. The number of esters is 2. The van der Waals surface area contributed by atoms with Crippen molar-refractivity contribution >= 4 is 50.5 Å². The molecule has 0 fully saturated rings. The standard InChI is InChI=1S/C38H42N2O5S2/c1-5-44-35(41)31-27-19-17-23(3)21-29(27)46-33(31)39-37(43)38(25-13-9-7-10-14-25,26-15-11-8-12-16-26)40-34-32(36(42)45-6-2)28-20-18-24(4)22-30(28)47-34/h7-16,23-24,40H,5-6,17-22H2,1-4H3,(H,39,43)/t23-,24-/m0/s1. The van der Waals surface area contributed by atoms with Gasteiger partial charge in [-0.25, -0.2) is 9.59 Å². The van der Waals surface area contributed by atoms with Crippen LogP contribution in [0.25, 0.3) is 0 Å². The molecule has 0 bridgehead atoms. The lowest BCUT2D eigenvalue weighted by molar-refractivity contribution is -0.119. The van der Waals surface area contributed by atoms with Gasteiger partial charge in [0.2, 0.25) is 0 Å². The first-order valence-electron chi connectivity index (χ1n) is 16.6. The first-order chi connectivity index (χ1) is 22.8. The Kier molecular flexibility index (Phi) is 9.85. The molecule has 9 heteroatoms. The topological polar surface area (TPSA) is 93.7 Å². The SMILES string of the molecule is CCOC(=O)c1c(NC(=O)C(Nc2sc3c(c2C(=O)OCC)CC[C@H](C)C3)(c2ccccc2)c2ccccc2)sc2c1CC[C@H](C)C2. The van der Waals surface area contributed by atoms with Crippen LogP contribution in [0.15, 0.2) is 60.7 Å². The Bertz CT molecular complexity index is 1720. The van der Waals surface area contributed by atoms with Gasteiger partial charge in [-0.2, -0.15) is 0 Å². The summed E-state index contributed by atoms with van der Waals surface area (Å²) in [6, 6.07) is 19.2. The fourth-order valence-corrected chi connectivity index (χ4v) is 9.74. The number of rotatable bonds is 10. The summed E-state index contributed by atoms with van der Waals surface area (Å²) in [7, 11) is 0. The van der Waals surface area contributed by atoms with Gasteiger partial charge < -0.3 is 20.1 Å². The predicted octanol–water partition coefficient (Wildman–Crippen LogP) is 8.41. The summed E-state index contributed by atoms with van der Waals surface area (Å²) in [6.45, 7) is 8.53. The lowest BCUT2D eigenvalue weighted by atomic mass is 9.81. The smallest absolute Gasteiger partial charge is 0.341 e. The Hall–Kier alpha value is -3.95. The maximum atomic E-state index is 15.2. The summed E-state index contributed by atoms with van der Waals surface area (Å²) in [5.41, 5.74) is 2.88. The molecule has 4 aromatic rings. The molecule has 2 aromatic heterocycles. The molecule has 0 aliphatic heterocycles. The van der Waals surface area contributed by atoms with Crippen molar-refractivity contribution in [1.82, 2.24) is 0 Å². The molecule has 7 nitrogen and oxygen atoms in total. The molecule has 2 N–H and O–H groups in total. The van der Waals surface area contributed by atoms with E-state index in [1.165, 1.54) is 22.7 Å². The number of anilines is 2. The third kappa shape index (κ3) is 6.35. The quantitative estimate of drug-likeness (QED) is 0.165. The number of amides is 1. The summed E-state index contributed by atoms with van der Waals surface area (Å²) in [6.07, 6.45) is 5.22. The van der Waals surface area contributed by atoms with Crippen LogP contribution in [-0.2, 0) is 45.5 Å². The van der Waals surface area contributed by atoms with Crippen LogP contribution >= 0.6 is 22.7 Å². The zero-order chi connectivity index (χ0) is 33.1. The van der Waals surface area contributed by atoms with Gasteiger partial charge in [-0.15, -0.1) is 22.7 Å². The van der Waals surface area contributed by atoms with E-state index in [4.69, 9.17) is 9.47 Å². The fourth-order valence-electron chi connectivity index (χ4n) is 6.89. The maximum absolute atomic E-state index is 15.2. The van der Waals surface area contributed by atoms with E-state index in [2.05, 4.69) is 24.5 Å². The third-order valence-electron chi connectivity index (χ3n) is 9.26. The number of benzene rings is 2. The van der Waals surface area contributed by atoms with Gasteiger partial charge in [0.25, 0.3) is 5.91 Å². The van der Waals surface area contributed by atoms with Crippen LogP contribution in [0.2, 0.25) is 0 Å². The van der Waals surface area contributed by atoms with E-state index in [-0.39, 0.29) is 25.1 Å². The van der Waals surface area contributed by atoms with Gasteiger partial charge in [0, 0.05) is 9.75 Å². The third-order valence-corrected chi connectivity index (χ3v) is 11.6. The number of hydrogen-bond acceptors (Lipinski definition) is 8. The second-order valence-electron chi connectivity index (χ2n) is 12.6. The van der Waals surface area contributed by atoms with Gasteiger partial charge in [0.15, 0.2) is 5.54 Å². The molecule has 6 rings (SSSR count). The number of hydrogen-bond donors (Lipinski definition) is 2. The Labute approximate surface area is 284 Å². The average Bonchev–Trinajstić information content (AvgIpc) is 3.60. The molecule has 47 heavy (non-hydrogen) atoms. The van der Waals surface area contributed by atoms with Crippen LogP contribution in [0.1, 0.15) is 93.3 Å². The molecule has 0 spiro atoms. The van der Waals surface area contributed by atoms with Crippen LogP contribution in [-0.4, -0.2) is 31.1 Å². The van der Waals surface area contributed by atoms with Crippen molar-refractivity contribution in [2.24, 2.45) is 11.8 Å². The number of nitrogens with one attached hydrogen (secondary N) is 2. The maximum Gasteiger partial charge on any atom is 0.341 e.